The second-order valence-electron chi connectivity index (χ2n) is 6.12. The van der Waals surface area contributed by atoms with E-state index in [2.05, 4.69) is 15.0 Å². The van der Waals surface area contributed by atoms with E-state index in [0.29, 0.717) is 22.5 Å². The maximum Gasteiger partial charge on any atom is 0.228 e. The molecule has 4 atom stereocenters. The molecule has 4 rings (SSSR count). The highest BCUT2D eigenvalue weighted by Crippen LogP contribution is 2.42. The van der Waals surface area contributed by atoms with Crippen molar-refractivity contribution in [3.8, 4) is 11.5 Å². The summed E-state index contributed by atoms with van der Waals surface area (Å²) < 4.78 is 12.5. The fraction of sp³-hybridized carbons (Fsp3) is 0.400. The summed E-state index contributed by atoms with van der Waals surface area (Å²) in [5.41, 5.74) is 5.25. The predicted octanol–water partition coefficient (Wildman–Crippen LogP) is -0.330. The highest BCUT2D eigenvalue weighted by Gasteiger charge is 2.53. The van der Waals surface area contributed by atoms with Gasteiger partial charge in [-0.2, -0.15) is 0 Å². The lowest BCUT2D eigenvalue weighted by Gasteiger charge is -2.27. The van der Waals surface area contributed by atoms with Crippen molar-refractivity contribution < 1.29 is 24.5 Å². The van der Waals surface area contributed by atoms with Gasteiger partial charge in [-0.1, -0.05) is 0 Å². The maximum absolute atomic E-state index is 10.7. The normalized spacial score (nSPS) is 29.5. The van der Waals surface area contributed by atoms with E-state index in [1.54, 1.807) is 6.20 Å². The average Bonchev–Trinajstić information content (AvgIpc) is 3.27. The van der Waals surface area contributed by atoms with Gasteiger partial charge in [0.05, 0.1) is 23.8 Å². The molecule has 5 N–H and O–H groups in total. The van der Waals surface area contributed by atoms with Crippen molar-refractivity contribution in [1.82, 2.24) is 19.5 Å². The molecule has 1 saturated heterocycles. The summed E-state index contributed by atoms with van der Waals surface area (Å²) in [5.74, 6) is 0.524. The minimum Gasteiger partial charge on any atom is -0.444 e. The van der Waals surface area contributed by atoms with E-state index in [0.717, 1.165) is 0 Å². The van der Waals surface area contributed by atoms with Gasteiger partial charge in [0.2, 0.25) is 5.89 Å². The molecule has 0 aromatic carbocycles. The Bertz CT molecular complexity index is 907. The Morgan fingerprint density at radius 2 is 2.16 bits per heavy atom. The molecule has 2 unspecified atom stereocenters. The molecule has 0 saturated carbocycles. The first-order chi connectivity index (χ1) is 11.9. The molecule has 1 fully saturated rings. The molecule has 3 aromatic heterocycles. The number of aliphatic hydroxyl groups excluding tert-OH is 2. The Hall–Kier alpha value is -2.53. The van der Waals surface area contributed by atoms with Gasteiger partial charge in [0.1, 0.15) is 41.9 Å². The van der Waals surface area contributed by atoms with Crippen molar-refractivity contribution >= 4 is 16.9 Å². The van der Waals surface area contributed by atoms with Crippen LogP contribution in [0.2, 0.25) is 0 Å². The fourth-order valence-corrected chi connectivity index (χ4v) is 3.20. The molecule has 132 valence electrons. The number of oxazole rings is 1. The number of aliphatic hydroxyl groups is 3. The molecule has 3 aromatic rings. The second-order valence-corrected chi connectivity index (χ2v) is 6.12. The Kier molecular flexibility index (Phi) is 3.51. The van der Waals surface area contributed by atoms with E-state index < -0.39 is 30.6 Å². The number of nitrogen functional groups attached to an aromatic ring is 1. The molecule has 4 heterocycles. The lowest BCUT2D eigenvalue weighted by atomic mass is 9.96. The third kappa shape index (κ3) is 2.23. The van der Waals surface area contributed by atoms with Crippen LogP contribution in [0.15, 0.2) is 29.4 Å². The van der Waals surface area contributed by atoms with Gasteiger partial charge in [-0.25, -0.2) is 15.0 Å². The molecule has 0 radical (unpaired) electrons. The van der Waals surface area contributed by atoms with E-state index in [-0.39, 0.29) is 5.82 Å². The SMILES string of the molecule is C[C@]1(O)C(n2cc(-c3ncco3)c3c(N)ncnc32)OC(CO)[C@H]1O. The fourth-order valence-electron chi connectivity index (χ4n) is 3.20. The number of nitrogens with two attached hydrogens (primary N) is 1. The zero-order chi connectivity index (χ0) is 17.8. The Morgan fingerprint density at radius 3 is 2.80 bits per heavy atom. The summed E-state index contributed by atoms with van der Waals surface area (Å²) in [4.78, 5) is 12.3. The van der Waals surface area contributed by atoms with Gasteiger partial charge in [0.25, 0.3) is 0 Å². The minimum absolute atomic E-state index is 0.217. The zero-order valence-corrected chi connectivity index (χ0v) is 13.3. The number of nitrogens with zero attached hydrogens (tertiary/aromatic N) is 4. The van der Waals surface area contributed by atoms with Gasteiger partial charge in [0.15, 0.2) is 6.23 Å². The molecule has 25 heavy (non-hydrogen) atoms. The molecule has 10 heteroatoms. The van der Waals surface area contributed by atoms with Crippen molar-refractivity contribution in [1.29, 1.82) is 0 Å². The molecular formula is C15H17N5O5. The van der Waals surface area contributed by atoms with E-state index in [4.69, 9.17) is 14.9 Å². The molecular weight excluding hydrogens is 330 g/mol. The van der Waals surface area contributed by atoms with Crippen molar-refractivity contribution in [2.75, 3.05) is 12.3 Å². The first kappa shape index (κ1) is 16.0. The highest BCUT2D eigenvalue weighted by atomic mass is 16.6. The Balaban J connectivity index is 1.93. The number of aromatic nitrogens is 4. The van der Waals surface area contributed by atoms with Gasteiger partial charge in [-0.3, -0.25) is 0 Å². The lowest BCUT2D eigenvalue weighted by molar-refractivity contribution is -0.0948. The van der Waals surface area contributed by atoms with Crippen LogP contribution in [0.5, 0.6) is 0 Å². The Labute approximate surface area is 141 Å². The number of fused-ring (bicyclic) bond motifs is 1. The van der Waals surface area contributed by atoms with Crippen LogP contribution < -0.4 is 5.73 Å². The van der Waals surface area contributed by atoms with Crippen LogP contribution in [0.25, 0.3) is 22.5 Å². The van der Waals surface area contributed by atoms with Crippen LogP contribution in [-0.4, -0.2) is 59.3 Å². The molecule has 0 aliphatic carbocycles. The minimum atomic E-state index is -1.66. The lowest BCUT2D eigenvalue weighted by Crippen LogP contribution is -2.44. The maximum atomic E-state index is 10.7. The number of hydrogen-bond donors (Lipinski definition) is 4. The van der Waals surface area contributed by atoms with Crippen molar-refractivity contribution in [2.24, 2.45) is 0 Å². The number of ether oxygens (including phenoxy) is 1. The van der Waals surface area contributed by atoms with E-state index in [9.17, 15) is 15.3 Å². The molecule has 1 aliphatic rings. The van der Waals surface area contributed by atoms with Crippen molar-refractivity contribution in [3.63, 3.8) is 0 Å². The van der Waals surface area contributed by atoms with Crippen LogP contribution in [0.4, 0.5) is 5.82 Å². The smallest absolute Gasteiger partial charge is 0.228 e. The van der Waals surface area contributed by atoms with E-state index >= 15 is 0 Å². The number of rotatable bonds is 3. The molecule has 1 aliphatic heterocycles. The van der Waals surface area contributed by atoms with E-state index in [1.165, 1.54) is 30.3 Å². The third-order valence-corrected chi connectivity index (χ3v) is 4.49. The first-order valence-electron chi connectivity index (χ1n) is 7.62. The topological polar surface area (TPSA) is 153 Å². The zero-order valence-electron chi connectivity index (χ0n) is 13.3. The summed E-state index contributed by atoms with van der Waals surface area (Å²) in [6, 6.07) is 0. The summed E-state index contributed by atoms with van der Waals surface area (Å²) in [7, 11) is 0. The molecule has 0 spiro atoms. The standard InChI is InChI=1S/C15H17N5O5/c1-15(23)10(22)8(5-21)25-14(15)20-4-7(13-17-2-3-24-13)9-11(16)18-6-19-12(9)20/h2-4,6,8,10,14,21-23H,5H2,1H3,(H2,16,18,19)/t8?,10-,14?,15-/m1/s1. The van der Waals surface area contributed by atoms with Gasteiger partial charge in [-0.15, -0.1) is 0 Å². The number of anilines is 1. The molecule has 10 nitrogen and oxygen atoms in total. The second kappa shape index (κ2) is 5.49. The van der Waals surface area contributed by atoms with Crippen LogP contribution >= 0.6 is 0 Å². The predicted molar refractivity (Wildman–Crippen MR) is 85.1 cm³/mol. The van der Waals surface area contributed by atoms with Crippen LogP contribution in [0.3, 0.4) is 0 Å². The van der Waals surface area contributed by atoms with Gasteiger partial charge in [-0.05, 0) is 6.92 Å². The van der Waals surface area contributed by atoms with Crippen molar-refractivity contribution in [2.45, 2.75) is 31.0 Å². The summed E-state index contributed by atoms with van der Waals surface area (Å²) in [6.07, 6.45) is 2.62. The van der Waals surface area contributed by atoms with Crippen LogP contribution in [0, 0.1) is 0 Å². The summed E-state index contributed by atoms with van der Waals surface area (Å²) in [6.45, 7) is 0.996. The number of hydrogen-bond acceptors (Lipinski definition) is 9. The molecule has 0 amide bonds. The quantitative estimate of drug-likeness (QED) is 0.499. The summed E-state index contributed by atoms with van der Waals surface area (Å²) >= 11 is 0. The molecule has 0 bridgehead atoms. The highest BCUT2D eigenvalue weighted by molar-refractivity contribution is 5.98. The van der Waals surface area contributed by atoms with Crippen LogP contribution in [0.1, 0.15) is 13.2 Å². The monoisotopic (exact) mass is 347 g/mol. The van der Waals surface area contributed by atoms with Crippen molar-refractivity contribution in [3.05, 3.63) is 25.0 Å². The van der Waals surface area contributed by atoms with Crippen LogP contribution in [-0.2, 0) is 4.74 Å². The van der Waals surface area contributed by atoms with Gasteiger partial charge < -0.3 is 34.8 Å². The van der Waals surface area contributed by atoms with E-state index in [1.807, 2.05) is 0 Å². The van der Waals surface area contributed by atoms with Gasteiger partial charge in [0, 0.05) is 6.20 Å². The largest absolute Gasteiger partial charge is 0.444 e. The Morgan fingerprint density at radius 1 is 1.36 bits per heavy atom. The third-order valence-electron chi connectivity index (χ3n) is 4.49. The summed E-state index contributed by atoms with van der Waals surface area (Å²) in [5, 5.41) is 30.8. The van der Waals surface area contributed by atoms with Gasteiger partial charge >= 0.3 is 0 Å². The first-order valence-corrected chi connectivity index (χ1v) is 7.62. The average molecular weight is 347 g/mol.